The fraction of sp³-hybridized carbons (Fsp3) is 0.614. The number of aliphatic hydroxyl groups is 1. The van der Waals surface area contributed by atoms with Gasteiger partial charge in [-0.2, -0.15) is 0 Å². The van der Waals surface area contributed by atoms with Gasteiger partial charge in [0.2, 0.25) is 0 Å². The van der Waals surface area contributed by atoms with Gasteiger partial charge in [0.15, 0.2) is 22.4 Å². The zero-order valence-electron chi connectivity index (χ0n) is 45.0. The molecule has 374 valence electrons. The number of Topliss-reactive ketones (excluding diaryl/α,β-unsaturated/α-hetero) is 1. The van der Waals surface area contributed by atoms with Gasteiger partial charge in [-0.15, -0.1) is 0 Å². The average Bonchev–Trinajstić information content (AvgIpc) is 3.25. The summed E-state index contributed by atoms with van der Waals surface area (Å²) < 4.78 is 28.3. The number of hydrogen-bond donors (Lipinski definition) is 1. The van der Waals surface area contributed by atoms with E-state index in [2.05, 4.69) is 182 Å². The van der Waals surface area contributed by atoms with Crippen LogP contribution in [0, 0.1) is 17.8 Å². The Morgan fingerprint density at radius 1 is 0.836 bits per heavy atom. The normalized spacial score (nSPS) is 26.7. The van der Waals surface area contributed by atoms with E-state index in [0.29, 0.717) is 25.7 Å². The maximum Gasteiger partial charge on any atom is 0.330 e. The predicted molar refractivity (Wildman–Crippen MR) is 290 cm³/mol. The molecule has 2 aromatic carbocycles. The zero-order chi connectivity index (χ0) is 50.6. The van der Waals surface area contributed by atoms with Crippen LogP contribution in [0.2, 0.25) is 41.3 Å². The minimum Gasteiger partial charge on any atom is -0.459 e. The van der Waals surface area contributed by atoms with Gasteiger partial charge in [-0.3, -0.25) is 4.79 Å². The highest BCUT2D eigenvalue weighted by atomic mass is 28.4. The first-order chi connectivity index (χ1) is 31.1. The Kier molecular flexibility index (Phi) is 21.5. The molecule has 0 bridgehead atoms. The monoisotopic (exact) mass is 973 g/mol. The summed E-state index contributed by atoms with van der Waals surface area (Å²) in [5.41, 5.74) is -0.0561. The van der Waals surface area contributed by atoms with E-state index >= 15 is 0 Å². The average molecular weight is 974 g/mol. The fourth-order valence-electron chi connectivity index (χ4n) is 9.07. The summed E-state index contributed by atoms with van der Waals surface area (Å²) in [6.07, 6.45) is 10.6. The molecule has 0 aliphatic carbocycles. The summed E-state index contributed by atoms with van der Waals surface area (Å²) in [6.45, 7) is 41.3. The second-order valence-corrected chi connectivity index (χ2v) is 36.4. The number of ketones is 1. The second-order valence-electron chi connectivity index (χ2n) is 22.7. The van der Waals surface area contributed by atoms with E-state index in [9.17, 15) is 14.7 Å². The highest BCUT2D eigenvalue weighted by Gasteiger charge is 2.51. The maximum absolute atomic E-state index is 14.2. The van der Waals surface area contributed by atoms with Crippen molar-refractivity contribution in [2.45, 2.75) is 207 Å². The van der Waals surface area contributed by atoms with Gasteiger partial charge in [-0.25, -0.2) is 4.79 Å². The molecular weight excluding hydrogens is 881 g/mol. The van der Waals surface area contributed by atoms with E-state index < -0.39 is 42.6 Å². The van der Waals surface area contributed by atoms with Crippen LogP contribution in [0.1, 0.15) is 136 Å². The van der Waals surface area contributed by atoms with Crippen molar-refractivity contribution in [2.24, 2.45) is 17.8 Å². The van der Waals surface area contributed by atoms with Crippen LogP contribution in [0.3, 0.4) is 0 Å². The largest absolute Gasteiger partial charge is 0.459 e. The van der Waals surface area contributed by atoms with Crippen molar-refractivity contribution in [3.8, 4) is 0 Å². The number of benzene rings is 2. The molecule has 67 heavy (non-hydrogen) atoms. The molecule has 1 aliphatic heterocycles. The second kappa shape index (κ2) is 24.7. The smallest absolute Gasteiger partial charge is 0.330 e. The molecule has 3 rings (SSSR count). The van der Waals surface area contributed by atoms with Gasteiger partial charge >= 0.3 is 5.97 Å². The number of hydrogen-bond acceptors (Lipinski definition) is 7. The SMILES string of the molecule is C=C1CC(=O)[C@](C)(O)/C=C/C[C@H](C)[C@@H](C[C@H](C)[C@H](C)O[Si](c2ccccc2)(c2ccccc2)C(C)(C)C)OC(=O)/C=C(/C)[C@@H](C)[C@@H](O[Si](C)(C)C(C)(C)C)/C=C/C[C@H](O[Si](CC)(CC)CC)C1. The highest BCUT2D eigenvalue weighted by Crippen LogP contribution is 2.41. The highest BCUT2D eigenvalue weighted by molar-refractivity contribution is 6.99. The quantitative estimate of drug-likeness (QED) is 0.115. The number of rotatable bonds is 14. The molecule has 2 aromatic rings. The van der Waals surface area contributed by atoms with Crippen molar-refractivity contribution in [2.75, 3.05) is 0 Å². The van der Waals surface area contributed by atoms with Gasteiger partial charge in [-0.1, -0.05) is 180 Å². The standard InChI is InChI=1S/C57H92O7Si3/c1-19-66(20-2,21-3)63-48-31-28-36-51(64-65(17,18)55(10,11)12)46(8)44(6)41-54(59)61-52(43(5)30-29-37-57(16,60)53(58)39-42(4)38-48)40-45(7)47(9)62-67(56(13,14)15,49-32-24-22-25-33-49)50-34-26-23-27-35-50/h22-29,32-37,41,43,45-48,51-52,60H,4,19-21,30-31,38-40H2,1-3,5-18H3/b36-28+,37-29+,44-41-/t43-,45-,46+,47-,48-,51-,52+,57+/m0/s1. The third-order valence-electron chi connectivity index (χ3n) is 15.4. The maximum atomic E-state index is 14.2. The van der Waals surface area contributed by atoms with Gasteiger partial charge in [0, 0.05) is 24.5 Å². The van der Waals surface area contributed by atoms with Crippen molar-refractivity contribution in [1.29, 1.82) is 0 Å². The molecule has 0 saturated heterocycles. The van der Waals surface area contributed by atoms with Crippen molar-refractivity contribution in [3.63, 3.8) is 0 Å². The first-order valence-corrected chi connectivity index (χ1v) is 32.7. The van der Waals surface area contributed by atoms with Gasteiger partial charge in [0.05, 0.1) is 12.2 Å². The molecule has 8 atom stereocenters. The van der Waals surface area contributed by atoms with Crippen molar-refractivity contribution < 1.29 is 32.7 Å². The van der Waals surface area contributed by atoms with Crippen LogP contribution in [0.25, 0.3) is 0 Å². The van der Waals surface area contributed by atoms with Crippen LogP contribution in [-0.2, 0) is 27.6 Å². The minimum atomic E-state index is -2.86. The van der Waals surface area contributed by atoms with Gasteiger partial charge in [-0.05, 0) is 116 Å². The summed E-state index contributed by atoms with van der Waals surface area (Å²) in [6, 6.07) is 24.3. The zero-order valence-corrected chi connectivity index (χ0v) is 48.0. The van der Waals surface area contributed by atoms with Crippen LogP contribution in [0.5, 0.6) is 0 Å². The van der Waals surface area contributed by atoms with Crippen molar-refractivity contribution in [1.82, 2.24) is 0 Å². The molecule has 1 N–H and O–H groups in total. The molecule has 0 saturated carbocycles. The number of carbonyl (C=O) groups excluding carboxylic acids is 2. The minimum absolute atomic E-state index is 0.00349. The number of esters is 1. The van der Waals surface area contributed by atoms with E-state index in [4.69, 9.17) is 18.0 Å². The lowest BCUT2D eigenvalue weighted by atomic mass is 9.88. The number of carbonyl (C=O) groups is 2. The summed E-state index contributed by atoms with van der Waals surface area (Å²) in [4.78, 5) is 28.0. The Morgan fingerprint density at radius 3 is 1.87 bits per heavy atom. The van der Waals surface area contributed by atoms with Gasteiger partial charge in [0.25, 0.3) is 8.32 Å². The third-order valence-corrected chi connectivity index (χ3v) is 29.7. The van der Waals surface area contributed by atoms with E-state index in [0.717, 1.165) is 29.3 Å². The summed E-state index contributed by atoms with van der Waals surface area (Å²) in [5, 5.41) is 13.8. The first-order valence-electron chi connectivity index (χ1n) is 25.4. The summed E-state index contributed by atoms with van der Waals surface area (Å²) in [5.74, 6) is -0.965. The first kappa shape index (κ1) is 58.3. The molecule has 0 amide bonds. The Morgan fingerprint density at radius 2 is 1.37 bits per heavy atom. The number of ether oxygens (including phenoxy) is 1. The lowest BCUT2D eigenvalue weighted by Crippen LogP contribution is -2.68. The van der Waals surface area contributed by atoms with Gasteiger partial charge in [0.1, 0.15) is 11.7 Å². The lowest BCUT2D eigenvalue weighted by molar-refractivity contribution is -0.147. The van der Waals surface area contributed by atoms with Gasteiger partial charge < -0.3 is 23.1 Å². The van der Waals surface area contributed by atoms with E-state index in [-0.39, 0.29) is 58.3 Å². The molecule has 1 heterocycles. The Hall–Kier alpha value is -2.97. The van der Waals surface area contributed by atoms with E-state index in [1.165, 1.54) is 10.4 Å². The van der Waals surface area contributed by atoms with Crippen LogP contribution in [0.4, 0.5) is 0 Å². The molecule has 10 heteroatoms. The Labute approximate surface area is 411 Å². The van der Waals surface area contributed by atoms with E-state index in [1.807, 2.05) is 13.0 Å². The molecule has 1 aliphatic rings. The van der Waals surface area contributed by atoms with Crippen LogP contribution in [-0.4, -0.2) is 71.8 Å². The Balaban J connectivity index is 2.11. The molecule has 0 spiro atoms. The molecular formula is C57H92O7Si3. The van der Waals surface area contributed by atoms with Crippen LogP contribution >= 0.6 is 0 Å². The Bertz CT molecular complexity index is 1920. The van der Waals surface area contributed by atoms with Crippen LogP contribution in [0.15, 0.2) is 109 Å². The molecule has 0 unspecified atom stereocenters. The molecule has 0 radical (unpaired) electrons. The molecule has 0 fully saturated rings. The molecule has 7 nitrogen and oxygen atoms in total. The topological polar surface area (TPSA) is 91.3 Å². The predicted octanol–water partition coefficient (Wildman–Crippen LogP) is 13.5. The van der Waals surface area contributed by atoms with Crippen molar-refractivity contribution >= 4 is 47.1 Å². The third kappa shape index (κ3) is 15.8. The van der Waals surface area contributed by atoms with E-state index in [1.54, 1.807) is 19.1 Å². The lowest BCUT2D eigenvalue weighted by Gasteiger charge is -2.46. The summed E-state index contributed by atoms with van der Waals surface area (Å²) in [7, 11) is -7.15. The molecule has 0 aromatic heterocycles. The van der Waals surface area contributed by atoms with Crippen molar-refractivity contribution in [3.05, 3.63) is 109 Å². The number of allylic oxidation sites excluding steroid dienone is 1. The summed E-state index contributed by atoms with van der Waals surface area (Å²) >= 11 is 0. The van der Waals surface area contributed by atoms with Crippen LogP contribution < -0.4 is 10.4 Å². The fourth-order valence-corrected chi connectivity index (χ4v) is 18.1. The number of cyclic esters (lactones) is 1.